The first-order valence-electron chi connectivity index (χ1n) is 10.6. The number of benzene rings is 2. The molecule has 9 heteroatoms. The second-order valence-corrected chi connectivity index (χ2v) is 7.95. The number of hydrogen-bond acceptors (Lipinski definition) is 6. The van der Waals surface area contributed by atoms with E-state index in [0.29, 0.717) is 11.2 Å². The van der Waals surface area contributed by atoms with Crippen LogP contribution in [-0.2, 0) is 27.4 Å². The number of alkyl carbamates (subject to hydrolysis) is 1. The number of ether oxygens (including phenoxy) is 1. The van der Waals surface area contributed by atoms with Crippen LogP contribution >= 0.6 is 0 Å². The Morgan fingerprint density at radius 3 is 2.30 bits per heavy atom. The van der Waals surface area contributed by atoms with Crippen LogP contribution in [0.1, 0.15) is 25.1 Å². The second-order valence-electron chi connectivity index (χ2n) is 7.95. The van der Waals surface area contributed by atoms with Crippen LogP contribution in [0.15, 0.2) is 60.8 Å². The molecule has 3 rings (SSSR count). The van der Waals surface area contributed by atoms with Crippen molar-refractivity contribution in [1.82, 2.24) is 20.6 Å². The van der Waals surface area contributed by atoms with Crippen LogP contribution in [0.25, 0.3) is 11.0 Å². The average molecular weight is 450 g/mol. The molecule has 0 aliphatic rings. The molecule has 1 heterocycles. The predicted molar refractivity (Wildman–Crippen MR) is 123 cm³/mol. The summed E-state index contributed by atoms with van der Waals surface area (Å²) >= 11 is 0. The Labute approximate surface area is 191 Å². The fourth-order valence-corrected chi connectivity index (χ4v) is 3.21. The maximum Gasteiger partial charge on any atom is 0.408 e. The molecule has 4 N–H and O–H groups in total. The number of amides is 3. The molecular weight excluding hydrogens is 422 g/mol. The summed E-state index contributed by atoms with van der Waals surface area (Å²) in [5.41, 5.74) is 8.25. The zero-order valence-electron chi connectivity index (χ0n) is 18.5. The van der Waals surface area contributed by atoms with Gasteiger partial charge in [-0.15, -0.1) is 0 Å². The summed E-state index contributed by atoms with van der Waals surface area (Å²) in [6, 6.07) is 14.6. The van der Waals surface area contributed by atoms with E-state index in [4.69, 9.17) is 10.5 Å². The zero-order chi connectivity index (χ0) is 23.8. The third-order valence-corrected chi connectivity index (χ3v) is 5.01. The van der Waals surface area contributed by atoms with Crippen LogP contribution in [0.4, 0.5) is 4.79 Å². The first kappa shape index (κ1) is 23.6. The Balaban J connectivity index is 1.63. The fourth-order valence-electron chi connectivity index (χ4n) is 3.21. The minimum absolute atomic E-state index is 0.0716. The lowest BCUT2D eigenvalue weighted by atomic mass is 10.0. The van der Waals surface area contributed by atoms with Crippen molar-refractivity contribution in [2.24, 2.45) is 11.7 Å². The summed E-state index contributed by atoms with van der Waals surface area (Å²) in [4.78, 5) is 46.0. The lowest BCUT2D eigenvalue weighted by molar-refractivity contribution is -0.129. The minimum Gasteiger partial charge on any atom is -0.445 e. The smallest absolute Gasteiger partial charge is 0.408 e. The Morgan fingerprint density at radius 1 is 0.970 bits per heavy atom. The number of rotatable bonds is 9. The van der Waals surface area contributed by atoms with E-state index in [1.165, 1.54) is 0 Å². The van der Waals surface area contributed by atoms with Crippen molar-refractivity contribution in [2.75, 3.05) is 0 Å². The highest BCUT2D eigenvalue weighted by Gasteiger charge is 2.29. The first-order valence-corrected chi connectivity index (χ1v) is 10.6. The van der Waals surface area contributed by atoms with Gasteiger partial charge in [0, 0.05) is 12.6 Å². The number of nitrogens with one attached hydrogen (secondary N) is 2. The summed E-state index contributed by atoms with van der Waals surface area (Å²) in [6.07, 6.45) is 0.884. The van der Waals surface area contributed by atoms with E-state index in [-0.39, 0.29) is 18.9 Å². The van der Waals surface area contributed by atoms with Gasteiger partial charge in [-0.05, 0) is 23.6 Å². The van der Waals surface area contributed by atoms with Gasteiger partial charge in [-0.1, -0.05) is 56.3 Å². The molecule has 0 radical (unpaired) electrons. The number of nitrogens with zero attached hydrogens (tertiary/aromatic N) is 2. The van der Waals surface area contributed by atoms with Crippen molar-refractivity contribution in [3.63, 3.8) is 0 Å². The van der Waals surface area contributed by atoms with E-state index in [1.54, 1.807) is 20.0 Å². The van der Waals surface area contributed by atoms with Crippen molar-refractivity contribution in [3.8, 4) is 0 Å². The van der Waals surface area contributed by atoms with Gasteiger partial charge in [-0.3, -0.25) is 14.6 Å². The van der Waals surface area contributed by atoms with Crippen LogP contribution in [0.3, 0.4) is 0 Å². The van der Waals surface area contributed by atoms with Crippen molar-refractivity contribution in [2.45, 2.75) is 39.0 Å². The number of carbonyl (C=O) groups excluding carboxylic acids is 3. The SMILES string of the molecule is CC(C)[C@@H](NC(=O)OCc1ccccc1)C(=O)N[C@H](Cc1cnc2ccccc2n1)C(N)=O. The topological polar surface area (TPSA) is 136 Å². The standard InChI is InChI=1S/C24H27N5O4/c1-15(2)21(29-24(32)33-14-16-8-4-3-5-9-16)23(31)28-20(22(25)30)12-17-13-26-18-10-6-7-11-19(18)27-17/h3-11,13,15,20-21H,12,14H2,1-2H3,(H2,25,30)(H,28,31)(H,29,32)/t20-,21-/m1/s1. The van der Waals surface area contributed by atoms with Crippen LogP contribution in [0.2, 0.25) is 0 Å². The number of carbonyl (C=O) groups is 3. The molecule has 3 amide bonds. The van der Waals surface area contributed by atoms with E-state index in [2.05, 4.69) is 20.6 Å². The van der Waals surface area contributed by atoms with Crippen LogP contribution < -0.4 is 16.4 Å². The number of aromatic nitrogens is 2. The number of para-hydroxylation sites is 2. The van der Waals surface area contributed by atoms with Gasteiger partial charge in [0.2, 0.25) is 11.8 Å². The lowest BCUT2D eigenvalue weighted by Crippen LogP contribution is -2.55. The Bertz CT molecular complexity index is 1120. The maximum absolute atomic E-state index is 12.9. The number of hydrogen-bond donors (Lipinski definition) is 3. The largest absolute Gasteiger partial charge is 0.445 e. The molecule has 33 heavy (non-hydrogen) atoms. The normalized spacial score (nSPS) is 12.7. The molecule has 0 aliphatic heterocycles. The third kappa shape index (κ3) is 6.73. The van der Waals surface area contributed by atoms with Gasteiger partial charge < -0.3 is 21.1 Å². The Morgan fingerprint density at radius 2 is 1.64 bits per heavy atom. The van der Waals surface area contributed by atoms with Gasteiger partial charge in [0.25, 0.3) is 0 Å². The molecule has 0 saturated carbocycles. The molecule has 172 valence electrons. The molecule has 0 aliphatic carbocycles. The fraction of sp³-hybridized carbons (Fsp3) is 0.292. The highest BCUT2D eigenvalue weighted by atomic mass is 16.5. The highest BCUT2D eigenvalue weighted by molar-refractivity contribution is 5.91. The zero-order valence-corrected chi connectivity index (χ0v) is 18.5. The van der Waals surface area contributed by atoms with Crippen molar-refractivity contribution < 1.29 is 19.1 Å². The molecule has 3 aromatic rings. The van der Waals surface area contributed by atoms with Gasteiger partial charge in [0.1, 0.15) is 18.7 Å². The maximum atomic E-state index is 12.9. The van der Waals surface area contributed by atoms with Crippen LogP contribution in [-0.4, -0.2) is 40.0 Å². The van der Waals surface area contributed by atoms with Gasteiger partial charge in [-0.2, -0.15) is 0 Å². The van der Waals surface area contributed by atoms with E-state index < -0.39 is 30.0 Å². The van der Waals surface area contributed by atoms with Gasteiger partial charge in [0.15, 0.2) is 0 Å². The number of nitrogens with two attached hydrogens (primary N) is 1. The summed E-state index contributed by atoms with van der Waals surface area (Å²) in [6.45, 7) is 3.62. The van der Waals surface area contributed by atoms with Gasteiger partial charge in [-0.25, -0.2) is 9.78 Å². The molecule has 2 aromatic carbocycles. The quantitative estimate of drug-likeness (QED) is 0.458. The van der Waals surface area contributed by atoms with Crippen LogP contribution in [0, 0.1) is 5.92 Å². The summed E-state index contributed by atoms with van der Waals surface area (Å²) in [7, 11) is 0. The Hall–Kier alpha value is -4.01. The van der Waals surface area contributed by atoms with E-state index in [1.807, 2.05) is 54.6 Å². The summed E-state index contributed by atoms with van der Waals surface area (Å²) < 4.78 is 5.21. The van der Waals surface area contributed by atoms with Crippen molar-refractivity contribution in [1.29, 1.82) is 0 Å². The first-order chi connectivity index (χ1) is 15.8. The molecule has 0 bridgehead atoms. The minimum atomic E-state index is -1.02. The average Bonchev–Trinajstić information content (AvgIpc) is 2.81. The van der Waals surface area contributed by atoms with E-state index in [9.17, 15) is 14.4 Å². The van der Waals surface area contributed by atoms with E-state index >= 15 is 0 Å². The molecule has 0 saturated heterocycles. The lowest BCUT2D eigenvalue weighted by Gasteiger charge is -2.24. The highest BCUT2D eigenvalue weighted by Crippen LogP contribution is 2.11. The number of primary amides is 1. The molecule has 9 nitrogen and oxygen atoms in total. The molecule has 1 aromatic heterocycles. The third-order valence-electron chi connectivity index (χ3n) is 5.01. The molecule has 2 atom stereocenters. The van der Waals surface area contributed by atoms with E-state index in [0.717, 1.165) is 11.1 Å². The molecule has 0 spiro atoms. The van der Waals surface area contributed by atoms with Gasteiger partial charge >= 0.3 is 6.09 Å². The monoisotopic (exact) mass is 449 g/mol. The Kier molecular flexibility index (Phi) is 7.91. The van der Waals surface area contributed by atoms with Crippen molar-refractivity contribution >= 4 is 28.9 Å². The summed E-state index contributed by atoms with van der Waals surface area (Å²) in [5, 5.41) is 5.19. The second kappa shape index (κ2) is 11.0. The summed E-state index contributed by atoms with van der Waals surface area (Å²) in [5.74, 6) is -1.52. The molecule has 0 fully saturated rings. The van der Waals surface area contributed by atoms with Gasteiger partial charge in [0.05, 0.1) is 16.7 Å². The van der Waals surface area contributed by atoms with Crippen LogP contribution in [0.5, 0.6) is 0 Å². The molecular formula is C24H27N5O4. The molecule has 0 unspecified atom stereocenters. The predicted octanol–water partition coefficient (Wildman–Crippen LogP) is 2.09. The number of fused-ring (bicyclic) bond motifs is 1. The van der Waals surface area contributed by atoms with Crippen molar-refractivity contribution in [3.05, 3.63) is 72.1 Å².